The molecule has 3 heterocycles. The van der Waals surface area contributed by atoms with Crippen LogP contribution in [0.4, 0.5) is 15.9 Å². The molecule has 0 aliphatic carbocycles. The molecule has 0 unspecified atom stereocenters. The van der Waals surface area contributed by atoms with Crippen LogP contribution in [-0.4, -0.2) is 38.7 Å². The minimum Gasteiger partial charge on any atom is -0.356 e. The first-order chi connectivity index (χ1) is 12.6. The van der Waals surface area contributed by atoms with Crippen molar-refractivity contribution < 1.29 is 9.18 Å². The largest absolute Gasteiger partial charge is 0.356 e. The first-order valence-electron chi connectivity index (χ1n) is 8.63. The molecule has 1 amide bonds. The van der Waals surface area contributed by atoms with Crippen molar-refractivity contribution in [3.8, 4) is 0 Å². The summed E-state index contributed by atoms with van der Waals surface area (Å²) in [7, 11) is 1.81. The molecular formula is C18H19FN6O. The number of carbonyl (C=O) groups excluding carboxylic acids is 1. The Labute approximate surface area is 149 Å². The number of fused-ring (bicyclic) bond motifs is 1. The smallest absolute Gasteiger partial charge is 0.293 e. The summed E-state index contributed by atoms with van der Waals surface area (Å²) in [6, 6.07) is 5.72. The lowest BCUT2D eigenvalue weighted by Gasteiger charge is -2.28. The molecule has 0 spiro atoms. The first-order valence-corrected chi connectivity index (χ1v) is 8.63. The number of rotatable bonds is 3. The van der Waals surface area contributed by atoms with E-state index in [9.17, 15) is 9.18 Å². The van der Waals surface area contributed by atoms with E-state index in [0.717, 1.165) is 37.1 Å². The number of aryl methyl sites for hydroxylation is 1. The third kappa shape index (κ3) is 3.22. The maximum absolute atomic E-state index is 13.3. The van der Waals surface area contributed by atoms with Gasteiger partial charge in [0, 0.05) is 32.0 Å². The predicted octanol–water partition coefficient (Wildman–Crippen LogP) is 2.75. The highest BCUT2D eigenvalue weighted by Crippen LogP contribution is 2.26. The molecule has 7 nitrogen and oxygen atoms in total. The van der Waals surface area contributed by atoms with Gasteiger partial charge in [0.25, 0.3) is 5.91 Å². The number of hydrogen-bond acceptors (Lipinski definition) is 5. The van der Waals surface area contributed by atoms with E-state index in [4.69, 9.17) is 0 Å². The van der Waals surface area contributed by atoms with Crippen molar-refractivity contribution in [1.82, 2.24) is 19.7 Å². The quantitative estimate of drug-likeness (QED) is 0.783. The zero-order valence-corrected chi connectivity index (χ0v) is 14.4. The second-order valence-corrected chi connectivity index (χ2v) is 6.42. The summed E-state index contributed by atoms with van der Waals surface area (Å²) in [5.74, 6) is -0.146. The minimum atomic E-state index is -0.485. The van der Waals surface area contributed by atoms with Gasteiger partial charge >= 0.3 is 0 Å². The molecule has 4 rings (SSSR count). The van der Waals surface area contributed by atoms with Crippen LogP contribution in [0.2, 0.25) is 0 Å². The van der Waals surface area contributed by atoms with Crippen molar-refractivity contribution in [2.24, 2.45) is 7.05 Å². The van der Waals surface area contributed by atoms with Crippen LogP contribution in [-0.2, 0) is 7.05 Å². The Hall–Kier alpha value is -3.03. The number of nitrogens with one attached hydrogen (secondary N) is 1. The highest BCUT2D eigenvalue weighted by atomic mass is 19.1. The van der Waals surface area contributed by atoms with E-state index in [0.29, 0.717) is 11.3 Å². The molecule has 0 saturated carbocycles. The van der Waals surface area contributed by atoms with Crippen LogP contribution in [0.3, 0.4) is 0 Å². The molecule has 1 saturated heterocycles. The monoisotopic (exact) mass is 354 g/mol. The highest BCUT2D eigenvalue weighted by molar-refractivity contribution is 6.03. The van der Waals surface area contributed by atoms with Gasteiger partial charge in [-0.3, -0.25) is 9.48 Å². The Morgan fingerprint density at radius 1 is 1.19 bits per heavy atom. The van der Waals surface area contributed by atoms with E-state index in [2.05, 4.69) is 25.3 Å². The number of aromatic nitrogens is 4. The summed E-state index contributed by atoms with van der Waals surface area (Å²) in [6.45, 7) is 1.79. The molecule has 1 aliphatic rings. The standard InChI is InChI=1S/C18H19FN6O/c1-24-11-14-15(23-24)21-16(22-17(14)25-8-3-2-4-9-25)18(26)20-13-7-5-6-12(19)10-13/h5-7,10-11H,2-4,8-9H2,1H3,(H,20,26). The van der Waals surface area contributed by atoms with Crippen molar-refractivity contribution in [3.63, 3.8) is 0 Å². The van der Waals surface area contributed by atoms with Crippen LogP contribution >= 0.6 is 0 Å². The second kappa shape index (κ2) is 6.70. The van der Waals surface area contributed by atoms with Gasteiger partial charge in [0.1, 0.15) is 11.6 Å². The average molecular weight is 354 g/mol. The fourth-order valence-corrected chi connectivity index (χ4v) is 3.20. The van der Waals surface area contributed by atoms with Gasteiger partial charge < -0.3 is 10.2 Å². The Bertz CT molecular complexity index is 963. The highest BCUT2D eigenvalue weighted by Gasteiger charge is 2.21. The fourth-order valence-electron chi connectivity index (χ4n) is 3.20. The Morgan fingerprint density at radius 3 is 2.77 bits per heavy atom. The molecular weight excluding hydrogens is 335 g/mol. The topological polar surface area (TPSA) is 75.9 Å². The zero-order valence-electron chi connectivity index (χ0n) is 14.4. The van der Waals surface area contributed by atoms with Gasteiger partial charge in [0.15, 0.2) is 5.65 Å². The van der Waals surface area contributed by atoms with E-state index in [1.807, 2.05) is 13.2 Å². The lowest BCUT2D eigenvalue weighted by Crippen LogP contribution is -2.31. The number of hydrogen-bond donors (Lipinski definition) is 1. The lowest BCUT2D eigenvalue weighted by atomic mass is 10.1. The summed E-state index contributed by atoms with van der Waals surface area (Å²) in [5, 5.41) is 7.81. The van der Waals surface area contributed by atoms with Gasteiger partial charge in [-0.2, -0.15) is 5.10 Å². The SMILES string of the molecule is Cn1cc2c(N3CCCCC3)nc(C(=O)Nc3cccc(F)c3)nc2n1. The molecule has 2 aromatic heterocycles. The number of halogens is 1. The molecule has 134 valence electrons. The van der Waals surface area contributed by atoms with Crippen molar-refractivity contribution in [2.75, 3.05) is 23.3 Å². The van der Waals surface area contributed by atoms with Crippen molar-refractivity contribution in [1.29, 1.82) is 0 Å². The van der Waals surface area contributed by atoms with E-state index in [-0.39, 0.29) is 5.82 Å². The van der Waals surface area contributed by atoms with E-state index < -0.39 is 11.7 Å². The number of amides is 1. The number of anilines is 2. The summed E-state index contributed by atoms with van der Waals surface area (Å²) in [4.78, 5) is 23.6. The van der Waals surface area contributed by atoms with Crippen molar-refractivity contribution in [3.05, 3.63) is 42.1 Å². The van der Waals surface area contributed by atoms with Crippen LogP contribution < -0.4 is 10.2 Å². The molecule has 8 heteroatoms. The third-order valence-electron chi connectivity index (χ3n) is 4.41. The summed E-state index contributed by atoms with van der Waals surface area (Å²) in [5.41, 5.74) is 0.840. The van der Waals surface area contributed by atoms with Crippen LogP contribution in [0.25, 0.3) is 11.0 Å². The molecule has 1 N–H and O–H groups in total. The van der Waals surface area contributed by atoms with Crippen LogP contribution in [0.15, 0.2) is 30.5 Å². The number of nitrogens with zero attached hydrogens (tertiary/aromatic N) is 5. The van der Waals surface area contributed by atoms with Crippen LogP contribution in [0, 0.1) is 5.82 Å². The van der Waals surface area contributed by atoms with Crippen molar-refractivity contribution in [2.45, 2.75) is 19.3 Å². The van der Waals surface area contributed by atoms with Crippen molar-refractivity contribution >= 4 is 28.4 Å². The molecule has 1 aromatic carbocycles. The second-order valence-electron chi connectivity index (χ2n) is 6.42. The summed E-state index contributed by atoms with van der Waals surface area (Å²) < 4.78 is 15.0. The normalized spacial score (nSPS) is 14.6. The zero-order chi connectivity index (χ0) is 18.1. The molecule has 3 aromatic rings. The molecule has 26 heavy (non-hydrogen) atoms. The van der Waals surface area contributed by atoms with Gasteiger partial charge in [-0.15, -0.1) is 0 Å². The average Bonchev–Trinajstić information content (AvgIpc) is 3.01. The number of benzene rings is 1. The number of carbonyl (C=O) groups is 1. The van der Waals surface area contributed by atoms with Gasteiger partial charge in [0.05, 0.1) is 5.39 Å². The van der Waals surface area contributed by atoms with Gasteiger partial charge in [0.2, 0.25) is 5.82 Å². The molecule has 0 bridgehead atoms. The predicted molar refractivity (Wildman–Crippen MR) is 96.7 cm³/mol. The maximum Gasteiger partial charge on any atom is 0.293 e. The molecule has 0 radical (unpaired) electrons. The van der Waals surface area contributed by atoms with Crippen LogP contribution in [0.5, 0.6) is 0 Å². The molecule has 1 aliphatic heterocycles. The Balaban J connectivity index is 1.71. The minimum absolute atomic E-state index is 0.0287. The van der Waals surface area contributed by atoms with E-state index in [1.165, 1.54) is 24.6 Å². The Kier molecular flexibility index (Phi) is 4.24. The molecule has 0 atom stereocenters. The van der Waals surface area contributed by atoms with Crippen LogP contribution in [0.1, 0.15) is 29.9 Å². The van der Waals surface area contributed by atoms with E-state index in [1.54, 1.807) is 10.7 Å². The maximum atomic E-state index is 13.3. The summed E-state index contributed by atoms with van der Waals surface area (Å²) in [6.07, 6.45) is 5.26. The molecule has 1 fully saturated rings. The van der Waals surface area contributed by atoms with Gasteiger partial charge in [-0.05, 0) is 37.5 Å². The summed E-state index contributed by atoms with van der Waals surface area (Å²) >= 11 is 0. The first kappa shape index (κ1) is 16.4. The fraction of sp³-hybridized carbons (Fsp3) is 0.333. The van der Waals surface area contributed by atoms with E-state index >= 15 is 0 Å². The third-order valence-corrected chi connectivity index (χ3v) is 4.41. The lowest BCUT2D eigenvalue weighted by molar-refractivity contribution is 0.101. The Morgan fingerprint density at radius 2 is 2.00 bits per heavy atom. The number of piperidine rings is 1. The van der Waals surface area contributed by atoms with Gasteiger partial charge in [-0.1, -0.05) is 6.07 Å². The van der Waals surface area contributed by atoms with Gasteiger partial charge in [-0.25, -0.2) is 14.4 Å².